The van der Waals surface area contributed by atoms with Crippen LogP contribution in [0.2, 0.25) is 0 Å². The number of hydrogen-bond donors (Lipinski definition) is 1. The lowest BCUT2D eigenvalue weighted by atomic mass is 9.81. The molecule has 11 heavy (non-hydrogen) atoms. The molecule has 64 valence electrons. The maximum absolute atomic E-state index is 3.54. The van der Waals surface area contributed by atoms with Crippen LogP contribution in [-0.4, -0.2) is 12.6 Å². The summed E-state index contributed by atoms with van der Waals surface area (Å²) in [5.74, 6) is 3.08. The van der Waals surface area contributed by atoms with Crippen LogP contribution in [0.3, 0.4) is 0 Å². The molecular weight excluding hydrogens is 134 g/mol. The maximum atomic E-state index is 3.54. The first kappa shape index (κ1) is 7.60. The quantitative estimate of drug-likeness (QED) is 0.608. The lowest BCUT2D eigenvalue weighted by Crippen LogP contribution is -2.41. The SMILES string of the molecule is CC1CC(C2CC2)C(C)CN1. The van der Waals surface area contributed by atoms with Crippen molar-refractivity contribution in [2.45, 2.75) is 39.2 Å². The van der Waals surface area contributed by atoms with Crippen molar-refractivity contribution in [3.8, 4) is 0 Å². The highest BCUT2D eigenvalue weighted by atomic mass is 14.9. The van der Waals surface area contributed by atoms with Gasteiger partial charge in [-0.05, 0) is 50.5 Å². The Morgan fingerprint density at radius 2 is 1.91 bits per heavy atom. The Morgan fingerprint density at radius 3 is 2.55 bits per heavy atom. The van der Waals surface area contributed by atoms with Crippen LogP contribution in [0.4, 0.5) is 0 Å². The Balaban J connectivity index is 1.93. The first-order valence-electron chi connectivity index (χ1n) is 5.00. The summed E-state index contributed by atoms with van der Waals surface area (Å²) >= 11 is 0. The molecule has 0 radical (unpaired) electrons. The van der Waals surface area contributed by atoms with E-state index in [1.807, 2.05) is 0 Å². The fourth-order valence-electron chi connectivity index (χ4n) is 2.44. The molecule has 1 aliphatic heterocycles. The molecule has 1 nitrogen and oxygen atoms in total. The van der Waals surface area contributed by atoms with E-state index in [1.165, 1.54) is 25.8 Å². The van der Waals surface area contributed by atoms with Crippen molar-refractivity contribution < 1.29 is 0 Å². The van der Waals surface area contributed by atoms with Crippen LogP contribution >= 0.6 is 0 Å². The van der Waals surface area contributed by atoms with E-state index in [-0.39, 0.29) is 0 Å². The van der Waals surface area contributed by atoms with Crippen LogP contribution in [0.15, 0.2) is 0 Å². The molecule has 2 fully saturated rings. The Bertz CT molecular complexity index is 140. The molecule has 0 amide bonds. The summed E-state index contributed by atoms with van der Waals surface area (Å²) in [5.41, 5.74) is 0. The van der Waals surface area contributed by atoms with Gasteiger partial charge >= 0.3 is 0 Å². The van der Waals surface area contributed by atoms with E-state index in [9.17, 15) is 0 Å². The molecular formula is C10H19N. The Hall–Kier alpha value is -0.0400. The zero-order valence-electron chi connectivity index (χ0n) is 7.64. The molecule has 0 spiro atoms. The lowest BCUT2D eigenvalue weighted by molar-refractivity contribution is 0.208. The van der Waals surface area contributed by atoms with Crippen LogP contribution in [0.5, 0.6) is 0 Å². The van der Waals surface area contributed by atoms with Crippen molar-refractivity contribution in [1.82, 2.24) is 5.32 Å². The lowest BCUT2D eigenvalue weighted by Gasteiger charge is -2.33. The normalized spacial score (nSPS) is 45.8. The van der Waals surface area contributed by atoms with Crippen LogP contribution in [0.1, 0.15) is 33.1 Å². The summed E-state index contributed by atoms with van der Waals surface area (Å²) in [7, 11) is 0. The van der Waals surface area contributed by atoms with E-state index in [2.05, 4.69) is 19.2 Å². The predicted octanol–water partition coefficient (Wildman–Crippen LogP) is 2.03. The van der Waals surface area contributed by atoms with E-state index in [0.29, 0.717) is 0 Å². The summed E-state index contributed by atoms with van der Waals surface area (Å²) in [4.78, 5) is 0. The highest BCUT2D eigenvalue weighted by molar-refractivity contribution is 4.90. The van der Waals surface area contributed by atoms with Crippen molar-refractivity contribution in [2.75, 3.05) is 6.54 Å². The zero-order valence-corrected chi connectivity index (χ0v) is 7.64. The summed E-state index contributed by atoms with van der Waals surface area (Å²) in [5, 5.41) is 3.54. The molecule has 0 bridgehead atoms. The molecule has 1 heteroatoms. The minimum absolute atomic E-state index is 0.775. The Labute approximate surface area is 69.6 Å². The topological polar surface area (TPSA) is 12.0 Å². The molecule has 2 aliphatic rings. The molecule has 1 saturated heterocycles. The van der Waals surface area contributed by atoms with Gasteiger partial charge < -0.3 is 5.32 Å². The van der Waals surface area contributed by atoms with Gasteiger partial charge in [0.05, 0.1) is 0 Å². The largest absolute Gasteiger partial charge is 0.314 e. The molecule has 3 atom stereocenters. The average Bonchev–Trinajstić information content (AvgIpc) is 2.76. The Kier molecular flexibility index (Phi) is 1.92. The monoisotopic (exact) mass is 153 g/mol. The molecule has 1 aliphatic carbocycles. The highest BCUT2D eigenvalue weighted by Gasteiger charge is 2.37. The van der Waals surface area contributed by atoms with Crippen molar-refractivity contribution in [3.05, 3.63) is 0 Å². The van der Waals surface area contributed by atoms with Gasteiger partial charge in [-0.25, -0.2) is 0 Å². The smallest absolute Gasteiger partial charge is 0.00416 e. The zero-order chi connectivity index (χ0) is 7.84. The summed E-state index contributed by atoms with van der Waals surface area (Å²) < 4.78 is 0. The van der Waals surface area contributed by atoms with E-state index >= 15 is 0 Å². The van der Waals surface area contributed by atoms with Gasteiger partial charge in [0.1, 0.15) is 0 Å². The molecule has 0 aromatic carbocycles. The Morgan fingerprint density at radius 1 is 1.18 bits per heavy atom. The second-order valence-corrected chi connectivity index (χ2v) is 4.52. The van der Waals surface area contributed by atoms with Crippen LogP contribution < -0.4 is 5.32 Å². The highest BCUT2D eigenvalue weighted by Crippen LogP contribution is 2.43. The molecule has 0 aromatic rings. The van der Waals surface area contributed by atoms with Crippen LogP contribution in [0.25, 0.3) is 0 Å². The molecule has 0 aromatic heterocycles. The van der Waals surface area contributed by atoms with Gasteiger partial charge in [-0.1, -0.05) is 6.92 Å². The average molecular weight is 153 g/mol. The number of rotatable bonds is 1. The van der Waals surface area contributed by atoms with Gasteiger partial charge in [0.2, 0.25) is 0 Å². The first-order valence-corrected chi connectivity index (χ1v) is 5.00. The van der Waals surface area contributed by atoms with Gasteiger partial charge in [-0.2, -0.15) is 0 Å². The molecule has 3 unspecified atom stereocenters. The minimum atomic E-state index is 0.775. The van der Waals surface area contributed by atoms with Crippen LogP contribution in [0, 0.1) is 17.8 Å². The van der Waals surface area contributed by atoms with E-state index < -0.39 is 0 Å². The van der Waals surface area contributed by atoms with Crippen molar-refractivity contribution in [1.29, 1.82) is 0 Å². The standard InChI is InChI=1S/C10H19N/c1-7-6-11-8(2)5-10(7)9-3-4-9/h7-11H,3-6H2,1-2H3. The summed E-state index contributed by atoms with van der Waals surface area (Å²) in [6, 6.07) is 0.775. The third-order valence-corrected chi connectivity index (χ3v) is 3.37. The fourth-order valence-corrected chi connectivity index (χ4v) is 2.44. The minimum Gasteiger partial charge on any atom is -0.314 e. The predicted molar refractivity (Wildman–Crippen MR) is 47.5 cm³/mol. The second-order valence-electron chi connectivity index (χ2n) is 4.52. The molecule has 1 N–H and O–H groups in total. The first-order chi connectivity index (χ1) is 5.27. The molecule has 1 saturated carbocycles. The fraction of sp³-hybridized carbons (Fsp3) is 1.00. The third-order valence-electron chi connectivity index (χ3n) is 3.37. The maximum Gasteiger partial charge on any atom is 0.00416 e. The number of hydrogen-bond acceptors (Lipinski definition) is 1. The number of piperidine rings is 1. The van der Waals surface area contributed by atoms with E-state index in [1.54, 1.807) is 0 Å². The van der Waals surface area contributed by atoms with Gasteiger partial charge in [-0.15, -0.1) is 0 Å². The molecule has 2 rings (SSSR count). The van der Waals surface area contributed by atoms with Gasteiger partial charge in [-0.3, -0.25) is 0 Å². The second kappa shape index (κ2) is 2.78. The van der Waals surface area contributed by atoms with Gasteiger partial charge in [0.15, 0.2) is 0 Å². The number of nitrogens with one attached hydrogen (secondary N) is 1. The van der Waals surface area contributed by atoms with E-state index in [0.717, 1.165) is 23.8 Å². The van der Waals surface area contributed by atoms with Gasteiger partial charge in [0.25, 0.3) is 0 Å². The van der Waals surface area contributed by atoms with Crippen molar-refractivity contribution in [3.63, 3.8) is 0 Å². The third kappa shape index (κ3) is 1.58. The molecule has 1 heterocycles. The van der Waals surface area contributed by atoms with Crippen molar-refractivity contribution in [2.24, 2.45) is 17.8 Å². The van der Waals surface area contributed by atoms with Crippen LogP contribution in [-0.2, 0) is 0 Å². The van der Waals surface area contributed by atoms with Gasteiger partial charge in [0, 0.05) is 6.04 Å². The summed E-state index contributed by atoms with van der Waals surface area (Å²) in [6.45, 7) is 5.98. The van der Waals surface area contributed by atoms with Crippen molar-refractivity contribution >= 4 is 0 Å². The van der Waals surface area contributed by atoms with E-state index in [4.69, 9.17) is 0 Å². The summed E-state index contributed by atoms with van der Waals surface area (Å²) in [6.07, 6.45) is 4.45.